The monoisotopic (exact) mass is 555 g/mol. The smallest absolute Gasteiger partial charge is 0.267 e. The molecule has 0 bridgehead atoms. The van der Waals surface area contributed by atoms with Gasteiger partial charge in [0.05, 0.1) is 13.2 Å². The maximum absolute atomic E-state index is 13.1. The van der Waals surface area contributed by atoms with Gasteiger partial charge in [-0.1, -0.05) is 54.2 Å². The highest BCUT2D eigenvalue weighted by Gasteiger charge is 2.18. The molecule has 10 heteroatoms. The van der Waals surface area contributed by atoms with Gasteiger partial charge in [0, 0.05) is 36.3 Å². The van der Waals surface area contributed by atoms with Gasteiger partial charge in [-0.15, -0.1) is 0 Å². The number of halogens is 1. The third-order valence-corrected chi connectivity index (χ3v) is 7.06. The van der Waals surface area contributed by atoms with Gasteiger partial charge in [0.15, 0.2) is 5.09 Å². The van der Waals surface area contributed by atoms with Crippen LogP contribution in [0.2, 0.25) is 5.02 Å². The topological polar surface area (TPSA) is 83.8 Å². The normalized spacial score (nSPS) is 13.8. The highest BCUT2D eigenvalue weighted by atomic mass is 35.5. The van der Waals surface area contributed by atoms with Crippen LogP contribution >= 0.6 is 35.6 Å². The van der Waals surface area contributed by atoms with Crippen LogP contribution in [0.4, 0.5) is 0 Å². The summed E-state index contributed by atoms with van der Waals surface area (Å²) >= 11 is 12.9. The Hall–Kier alpha value is -3.11. The molecule has 2 aromatic carbocycles. The number of nitrogens with one attached hydrogen (secondary N) is 2. The molecule has 37 heavy (non-hydrogen) atoms. The van der Waals surface area contributed by atoms with Crippen LogP contribution in [0.1, 0.15) is 21.7 Å². The van der Waals surface area contributed by atoms with Crippen molar-refractivity contribution in [2.24, 2.45) is 0 Å². The fraction of sp³-hybridized carbons (Fsp3) is 0.222. The number of furan rings is 1. The van der Waals surface area contributed by atoms with E-state index >= 15 is 0 Å². The lowest BCUT2D eigenvalue weighted by Crippen LogP contribution is -2.38. The standard InChI is InChI=1S/C27H26ClN3O4S2/c28-21-8-4-5-19(17-21)11-12-29-26(33)23(30-25(32)20-6-2-1-3-7-20)18-22-9-10-24(35-22)37-27(36)31-13-15-34-16-14-31/h1-10,17-18H,11-16H2,(H,29,33)(H,30,32). The van der Waals surface area contributed by atoms with Crippen LogP contribution in [0.3, 0.4) is 0 Å². The van der Waals surface area contributed by atoms with Gasteiger partial charge < -0.3 is 24.7 Å². The van der Waals surface area contributed by atoms with E-state index in [9.17, 15) is 9.59 Å². The number of thioether (sulfide) groups is 1. The zero-order valence-corrected chi connectivity index (χ0v) is 22.3. The Morgan fingerprint density at radius 2 is 1.84 bits per heavy atom. The number of thiocarbonyl (C=S) groups is 1. The molecule has 0 unspecified atom stereocenters. The Bertz CT molecular complexity index is 1270. The molecule has 1 saturated heterocycles. The molecule has 0 spiro atoms. The number of benzene rings is 2. The van der Waals surface area contributed by atoms with Gasteiger partial charge in [0.2, 0.25) is 0 Å². The van der Waals surface area contributed by atoms with E-state index in [-0.39, 0.29) is 5.70 Å². The molecule has 4 rings (SSSR count). The van der Waals surface area contributed by atoms with E-state index in [2.05, 4.69) is 15.5 Å². The molecule has 1 aromatic heterocycles. The van der Waals surface area contributed by atoms with E-state index in [0.717, 1.165) is 18.7 Å². The predicted molar refractivity (Wildman–Crippen MR) is 150 cm³/mol. The van der Waals surface area contributed by atoms with Crippen LogP contribution in [-0.4, -0.2) is 53.9 Å². The minimum Gasteiger partial charge on any atom is -0.450 e. The van der Waals surface area contributed by atoms with Crippen molar-refractivity contribution in [1.29, 1.82) is 0 Å². The van der Waals surface area contributed by atoms with E-state index in [0.29, 0.717) is 51.9 Å². The van der Waals surface area contributed by atoms with Crippen molar-refractivity contribution in [3.63, 3.8) is 0 Å². The van der Waals surface area contributed by atoms with E-state index < -0.39 is 11.8 Å². The number of hydrogen-bond acceptors (Lipinski definition) is 6. The first-order chi connectivity index (χ1) is 18.0. The molecular formula is C27H26ClN3O4S2. The van der Waals surface area contributed by atoms with Crippen molar-refractivity contribution in [3.8, 4) is 0 Å². The zero-order chi connectivity index (χ0) is 26.0. The molecule has 0 atom stereocenters. The summed E-state index contributed by atoms with van der Waals surface area (Å²) < 4.78 is 12.0. The van der Waals surface area contributed by atoms with E-state index in [1.807, 2.05) is 24.3 Å². The molecule has 3 aromatic rings. The van der Waals surface area contributed by atoms with Gasteiger partial charge in [-0.25, -0.2) is 0 Å². The molecule has 1 fully saturated rings. The van der Waals surface area contributed by atoms with Gasteiger partial charge >= 0.3 is 0 Å². The molecule has 7 nitrogen and oxygen atoms in total. The van der Waals surface area contributed by atoms with Crippen LogP contribution in [0.25, 0.3) is 6.08 Å². The summed E-state index contributed by atoms with van der Waals surface area (Å²) in [4.78, 5) is 27.9. The quantitative estimate of drug-likeness (QED) is 0.235. The Kier molecular flexibility index (Phi) is 9.78. The Balaban J connectivity index is 1.45. The largest absolute Gasteiger partial charge is 0.450 e. The molecule has 0 aliphatic carbocycles. The summed E-state index contributed by atoms with van der Waals surface area (Å²) in [5.74, 6) is -0.409. The Labute approximate surface area is 230 Å². The first kappa shape index (κ1) is 26.9. The van der Waals surface area contributed by atoms with Crippen molar-refractivity contribution in [2.75, 3.05) is 32.8 Å². The summed E-state index contributed by atoms with van der Waals surface area (Å²) in [6.45, 7) is 3.13. The fourth-order valence-electron chi connectivity index (χ4n) is 3.56. The summed E-state index contributed by atoms with van der Waals surface area (Å²) in [6, 6.07) is 19.7. The number of carbonyl (C=O) groups is 2. The summed E-state index contributed by atoms with van der Waals surface area (Å²) in [7, 11) is 0. The third kappa shape index (κ3) is 8.19. The highest BCUT2D eigenvalue weighted by Crippen LogP contribution is 2.25. The van der Waals surface area contributed by atoms with E-state index in [1.165, 1.54) is 17.8 Å². The van der Waals surface area contributed by atoms with Crippen LogP contribution in [0.5, 0.6) is 0 Å². The zero-order valence-electron chi connectivity index (χ0n) is 19.9. The van der Waals surface area contributed by atoms with Crippen molar-refractivity contribution < 1.29 is 18.7 Å². The fourth-order valence-corrected chi connectivity index (χ4v) is 4.96. The van der Waals surface area contributed by atoms with Crippen molar-refractivity contribution in [3.05, 3.63) is 94.3 Å². The second kappa shape index (κ2) is 13.4. The molecule has 192 valence electrons. The van der Waals surface area contributed by atoms with Crippen LogP contribution in [0, 0.1) is 0 Å². The second-order valence-electron chi connectivity index (χ2n) is 8.14. The van der Waals surface area contributed by atoms with Gasteiger partial charge in [-0.05, 0) is 60.1 Å². The maximum Gasteiger partial charge on any atom is 0.267 e. The van der Waals surface area contributed by atoms with Crippen molar-refractivity contribution >= 4 is 57.8 Å². The first-order valence-corrected chi connectivity index (χ1v) is 13.3. The Morgan fingerprint density at radius 3 is 2.59 bits per heavy atom. The maximum atomic E-state index is 13.1. The summed E-state index contributed by atoms with van der Waals surface area (Å²) in [5, 5.41) is 6.81. The lowest BCUT2D eigenvalue weighted by Gasteiger charge is -2.28. The lowest BCUT2D eigenvalue weighted by atomic mass is 10.1. The SMILES string of the molecule is O=C(NCCc1cccc(Cl)c1)C(=Cc1ccc(SC(=S)N2CCOCC2)o1)NC(=O)c1ccccc1. The van der Waals surface area contributed by atoms with Crippen LogP contribution in [0.15, 0.2) is 81.9 Å². The molecule has 1 aliphatic heterocycles. The number of ether oxygens (including phenoxy) is 1. The number of hydrogen-bond donors (Lipinski definition) is 2. The summed E-state index contributed by atoms with van der Waals surface area (Å²) in [6.07, 6.45) is 2.10. The average molecular weight is 556 g/mol. The molecule has 2 N–H and O–H groups in total. The average Bonchev–Trinajstić information content (AvgIpc) is 3.35. The number of carbonyl (C=O) groups excluding carboxylic acids is 2. The highest BCUT2D eigenvalue weighted by molar-refractivity contribution is 8.22. The molecule has 1 aliphatic rings. The number of morpholine rings is 1. The van der Waals surface area contributed by atoms with E-state index in [4.69, 9.17) is 33.0 Å². The van der Waals surface area contributed by atoms with Crippen LogP contribution < -0.4 is 10.6 Å². The molecule has 0 radical (unpaired) electrons. The lowest BCUT2D eigenvalue weighted by molar-refractivity contribution is -0.117. The van der Waals surface area contributed by atoms with E-state index in [1.54, 1.807) is 42.5 Å². The number of nitrogens with zero attached hydrogens (tertiary/aromatic N) is 1. The third-order valence-electron chi connectivity index (χ3n) is 5.46. The first-order valence-electron chi connectivity index (χ1n) is 11.7. The Morgan fingerprint density at radius 1 is 1.05 bits per heavy atom. The van der Waals surface area contributed by atoms with Gasteiger partial charge in [0.1, 0.15) is 15.8 Å². The summed E-state index contributed by atoms with van der Waals surface area (Å²) in [5.41, 5.74) is 1.50. The minimum atomic E-state index is -0.430. The molecule has 0 saturated carbocycles. The van der Waals surface area contributed by atoms with Crippen LogP contribution in [-0.2, 0) is 16.0 Å². The van der Waals surface area contributed by atoms with Gasteiger partial charge in [0.25, 0.3) is 11.8 Å². The minimum absolute atomic E-state index is 0.0709. The van der Waals surface area contributed by atoms with Crippen molar-refractivity contribution in [2.45, 2.75) is 11.5 Å². The molecular weight excluding hydrogens is 530 g/mol. The predicted octanol–water partition coefficient (Wildman–Crippen LogP) is 4.77. The second-order valence-corrected chi connectivity index (χ2v) is 10.2. The number of amides is 2. The van der Waals surface area contributed by atoms with Gasteiger partial charge in [-0.3, -0.25) is 9.59 Å². The van der Waals surface area contributed by atoms with Crippen molar-refractivity contribution in [1.82, 2.24) is 15.5 Å². The molecule has 2 heterocycles. The van der Waals surface area contributed by atoms with Gasteiger partial charge in [-0.2, -0.15) is 0 Å². The number of rotatable bonds is 8. The molecule has 2 amide bonds.